The van der Waals surface area contributed by atoms with E-state index >= 15 is 0 Å². The molecule has 0 saturated carbocycles. The van der Waals surface area contributed by atoms with Crippen molar-refractivity contribution in [1.82, 2.24) is 19.8 Å². The van der Waals surface area contributed by atoms with Crippen molar-refractivity contribution in [3.05, 3.63) is 10.5 Å². The summed E-state index contributed by atoms with van der Waals surface area (Å²) < 4.78 is 13.5. The maximum atomic E-state index is 13.5. The minimum atomic E-state index is -1.65. The molecule has 13 nitrogen and oxygen atoms in total. The lowest BCUT2D eigenvalue weighted by Crippen LogP contribution is -2.59. The summed E-state index contributed by atoms with van der Waals surface area (Å²) in [4.78, 5) is 13.5. The number of rotatable bonds is 31. The Morgan fingerprint density at radius 2 is 1.29 bits per heavy atom. The molecule has 2 fully saturated rings. The molecule has 5 unspecified atom stereocenters. The number of unbranched alkanes of at least 4 members (excludes halogenated alkanes) is 18. The van der Waals surface area contributed by atoms with Crippen LogP contribution >= 0.6 is 10.0 Å². The standard InChI is InChI=1S/C41H80N4O9S/c1-3-4-5-6-7-8-9-10-11-14-17-21-26-34(47)36(48)33(32-53-40-39(51)38(50)37(49)35(31-46)54-40)45-41(52)44(42-43-45)27-22-18-15-12-13-16-19-23-28-55(2)29-24-20-25-30-55/h33-40,46-51H,3-32H2,1-2H3/t33-,34+,35?,36-,37?,38?,39?,40?/m0/s1. The van der Waals surface area contributed by atoms with E-state index in [2.05, 4.69) is 23.6 Å². The van der Waals surface area contributed by atoms with Crippen molar-refractivity contribution in [2.75, 3.05) is 36.7 Å². The summed E-state index contributed by atoms with van der Waals surface area (Å²) in [6.07, 6.45) is 20.3. The molecule has 1 aromatic rings. The third-order valence-corrected chi connectivity index (χ3v) is 15.8. The number of aryl methyl sites for hydroxylation is 1. The molecular weight excluding hydrogens is 725 g/mol. The van der Waals surface area contributed by atoms with Crippen LogP contribution in [0.1, 0.15) is 167 Å². The fraction of sp³-hybridized carbons (Fsp3) is 0.976. The predicted octanol–water partition coefficient (Wildman–Crippen LogP) is 5.35. The number of ether oxygens (including phenoxy) is 2. The normalized spacial score (nSPS) is 25.1. The van der Waals surface area contributed by atoms with Crippen LogP contribution < -0.4 is 5.69 Å². The Morgan fingerprint density at radius 1 is 0.745 bits per heavy atom. The maximum absolute atomic E-state index is 13.5. The van der Waals surface area contributed by atoms with Crippen LogP contribution in [0.15, 0.2) is 4.79 Å². The van der Waals surface area contributed by atoms with E-state index in [9.17, 15) is 35.4 Å². The van der Waals surface area contributed by atoms with Crippen molar-refractivity contribution >= 4 is 10.0 Å². The lowest BCUT2D eigenvalue weighted by molar-refractivity contribution is -0.304. The highest BCUT2D eigenvalue weighted by atomic mass is 32.3. The second kappa shape index (κ2) is 27.6. The van der Waals surface area contributed by atoms with E-state index < -0.39 is 67.9 Å². The van der Waals surface area contributed by atoms with Crippen LogP contribution in [0.2, 0.25) is 0 Å². The highest BCUT2D eigenvalue weighted by molar-refractivity contribution is 8.33. The molecule has 8 atom stereocenters. The van der Waals surface area contributed by atoms with Crippen LogP contribution in [0.3, 0.4) is 0 Å². The molecule has 2 saturated heterocycles. The van der Waals surface area contributed by atoms with Crippen LogP contribution in [0.25, 0.3) is 0 Å². The molecule has 324 valence electrons. The first-order valence-corrected chi connectivity index (χ1v) is 24.7. The van der Waals surface area contributed by atoms with Gasteiger partial charge in [-0.05, 0) is 66.0 Å². The van der Waals surface area contributed by atoms with Gasteiger partial charge in [0.05, 0.1) is 19.3 Å². The largest absolute Gasteiger partial charge is 0.394 e. The van der Waals surface area contributed by atoms with Gasteiger partial charge in [-0.3, -0.25) is 0 Å². The van der Waals surface area contributed by atoms with Gasteiger partial charge in [0.15, 0.2) is 6.29 Å². The second-order valence-corrected chi connectivity index (χ2v) is 20.9. The van der Waals surface area contributed by atoms with Crippen LogP contribution in [0.4, 0.5) is 0 Å². The number of nitrogens with zero attached hydrogens (tertiary/aromatic N) is 4. The van der Waals surface area contributed by atoms with E-state index in [1.807, 2.05) is 0 Å². The fourth-order valence-corrected chi connectivity index (χ4v) is 11.4. The molecule has 0 aliphatic carbocycles. The van der Waals surface area contributed by atoms with Gasteiger partial charge in [-0.2, -0.15) is 9.36 Å². The summed E-state index contributed by atoms with van der Waals surface area (Å²) in [6, 6.07) is -1.18. The van der Waals surface area contributed by atoms with Gasteiger partial charge in [0.25, 0.3) is 0 Å². The lowest BCUT2D eigenvalue weighted by atomic mass is 9.98. The SMILES string of the molecule is CCCCCCCCCCCCCC[C@@H](O)[C@@H](O)[C@H](COC1OC(CO)C(O)C(O)C1O)n1nnn(CCCCCCCCCCS2(C)CCCCC2)c1=O. The van der Waals surface area contributed by atoms with Crippen LogP contribution in [0, 0.1) is 0 Å². The first-order valence-electron chi connectivity index (χ1n) is 22.1. The zero-order chi connectivity index (χ0) is 39.9. The quantitative estimate of drug-likeness (QED) is 0.0531. The van der Waals surface area contributed by atoms with Crippen molar-refractivity contribution < 1.29 is 40.1 Å². The van der Waals surface area contributed by atoms with Gasteiger partial charge in [-0.15, -0.1) is 0 Å². The summed E-state index contributed by atoms with van der Waals surface area (Å²) >= 11 is 0. The Bertz CT molecular complexity index is 1170. The minimum absolute atomic E-state index is 0.318. The molecular formula is C41H80N4O9S. The third-order valence-electron chi connectivity index (χ3n) is 11.9. The number of aromatic nitrogens is 4. The van der Waals surface area contributed by atoms with Gasteiger partial charge in [-0.1, -0.05) is 129 Å². The molecule has 0 amide bonds. The Labute approximate surface area is 332 Å². The van der Waals surface area contributed by atoms with E-state index in [1.165, 1.54) is 125 Å². The Hall–Kier alpha value is -1.10. The summed E-state index contributed by atoms with van der Waals surface area (Å²) in [6.45, 7) is 1.57. The third kappa shape index (κ3) is 17.3. The molecule has 0 radical (unpaired) electrons. The number of aliphatic hydroxyl groups is 6. The first-order chi connectivity index (χ1) is 26.6. The fourth-order valence-electron chi connectivity index (χ4n) is 8.13. The molecule has 3 rings (SSSR count). The van der Waals surface area contributed by atoms with Gasteiger partial charge in [-0.25, -0.2) is 14.8 Å². The van der Waals surface area contributed by atoms with Gasteiger partial charge in [0.2, 0.25) is 0 Å². The van der Waals surface area contributed by atoms with E-state index in [4.69, 9.17) is 9.47 Å². The van der Waals surface area contributed by atoms with Gasteiger partial charge in [0.1, 0.15) is 36.6 Å². The molecule has 14 heteroatoms. The van der Waals surface area contributed by atoms with E-state index in [1.54, 1.807) is 0 Å². The van der Waals surface area contributed by atoms with E-state index in [0.29, 0.717) is 19.4 Å². The molecule has 0 bridgehead atoms. The minimum Gasteiger partial charge on any atom is -0.394 e. The number of tetrazole rings is 1. The summed E-state index contributed by atoms with van der Waals surface area (Å²) in [5.74, 6) is 4.39. The van der Waals surface area contributed by atoms with Crippen LogP contribution in [-0.2, 0) is 16.0 Å². The summed E-state index contributed by atoms with van der Waals surface area (Å²) in [5.41, 5.74) is -0.548. The summed E-state index contributed by atoms with van der Waals surface area (Å²) in [5, 5.41) is 71.0. The van der Waals surface area contributed by atoms with Crippen molar-refractivity contribution in [3.8, 4) is 0 Å². The number of aliphatic hydroxyl groups excluding tert-OH is 6. The zero-order valence-electron chi connectivity index (χ0n) is 34.4. The van der Waals surface area contributed by atoms with Crippen molar-refractivity contribution in [3.63, 3.8) is 0 Å². The topological polar surface area (TPSA) is 193 Å². The molecule has 3 heterocycles. The van der Waals surface area contributed by atoms with Gasteiger partial charge < -0.3 is 40.1 Å². The first kappa shape index (κ1) is 48.3. The molecule has 1 aromatic heterocycles. The predicted molar refractivity (Wildman–Crippen MR) is 220 cm³/mol. The lowest BCUT2D eigenvalue weighted by Gasteiger charge is -2.40. The van der Waals surface area contributed by atoms with E-state index in [0.717, 1.165) is 43.2 Å². The zero-order valence-corrected chi connectivity index (χ0v) is 35.3. The van der Waals surface area contributed by atoms with Gasteiger partial charge >= 0.3 is 5.69 Å². The molecule has 55 heavy (non-hydrogen) atoms. The number of hydrogen-bond acceptors (Lipinski definition) is 11. The van der Waals surface area contributed by atoms with Crippen molar-refractivity contribution in [2.24, 2.45) is 0 Å². The monoisotopic (exact) mass is 805 g/mol. The molecule has 2 aliphatic heterocycles. The van der Waals surface area contributed by atoms with Crippen LogP contribution in [-0.4, -0.2) is 130 Å². The van der Waals surface area contributed by atoms with Crippen molar-refractivity contribution in [2.45, 2.75) is 217 Å². The maximum Gasteiger partial charge on any atom is 0.364 e. The molecule has 0 spiro atoms. The number of hydrogen-bond donors (Lipinski definition) is 6. The second-order valence-electron chi connectivity index (χ2n) is 16.7. The van der Waals surface area contributed by atoms with Gasteiger partial charge in [0, 0.05) is 6.54 Å². The highest BCUT2D eigenvalue weighted by Crippen LogP contribution is 2.49. The highest BCUT2D eigenvalue weighted by Gasteiger charge is 2.45. The molecule has 6 N–H and O–H groups in total. The molecule has 2 aliphatic rings. The average molecular weight is 805 g/mol. The summed E-state index contributed by atoms with van der Waals surface area (Å²) in [7, 11) is -0.333. The Morgan fingerprint density at radius 3 is 1.87 bits per heavy atom. The van der Waals surface area contributed by atoms with E-state index in [-0.39, 0.29) is 10.0 Å². The molecule has 0 aromatic carbocycles. The van der Waals surface area contributed by atoms with Crippen molar-refractivity contribution in [1.29, 1.82) is 0 Å². The Kier molecular flexibility index (Phi) is 24.2. The smallest absolute Gasteiger partial charge is 0.364 e. The Balaban J connectivity index is 1.45. The average Bonchev–Trinajstić information content (AvgIpc) is 3.54. The van der Waals surface area contributed by atoms with Crippen LogP contribution in [0.5, 0.6) is 0 Å².